The van der Waals surface area contributed by atoms with E-state index in [4.69, 9.17) is 10.7 Å². The van der Waals surface area contributed by atoms with Crippen LogP contribution in [0.2, 0.25) is 0 Å². The van der Waals surface area contributed by atoms with Crippen molar-refractivity contribution in [1.82, 2.24) is 4.98 Å². The van der Waals surface area contributed by atoms with Crippen LogP contribution in [-0.4, -0.2) is 13.4 Å². The molecule has 0 bridgehead atoms. The minimum absolute atomic E-state index is 0.557. The number of aromatic amines is 1. The molecule has 4 nitrogen and oxygen atoms in total. The molecular formula is C5H3ClFNO3S. The van der Waals surface area contributed by atoms with Gasteiger partial charge in [-0.3, -0.25) is 4.79 Å². The standard InChI is InChI=1S/C5H3ClFNO3S/c6-12(10,11)4-1-3(7)2-8-5(4)9/h1-2H,(H,8,9). The van der Waals surface area contributed by atoms with Crippen molar-refractivity contribution in [2.75, 3.05) is 0 Å². The van der Waals surface area contributed by atoms with Gasteiger partial charge < -0.3 is 4.98 Å². The van der Waals surface area contributed by atoms with Crippen LogP contribution < -0.4 is 5.56 Å². The van der Waals surface area contributed by atoms with Gasteiger partial charge in [-0.25, -0.2) is 12.8 Å². The molecule has 0 spiro atoms. The molecule has 1 rings (SSSR count). The average Bonchev–Trinajstić information content (AvgIpc) is 1.92. The molecule has 1 aromatic heterocycles. The second kappa shape index (κ2) is 2.87. The molecule has 1 aromatic rings. The molecule has 7 heteroatoms. The van der Waals surface area contributed by atoms with Crippen molar-refractivity contribution in [3.63, 3.8) is 0 Å². The van der Waals surface area contributed by atoms with E-state index in [1.165, 1.54) is 0 Å². The number of hydrogen-bond acceptors (Lipinski definition) is 3. The summed E-state index contributed by atoms with van der Waals surface area (Å²) in [5.41, 5.74) is -0.939. The highest BCUT2D eigenvalue weighted by molar-refractivity contribution is 8.13. The van der Waals surface area contributed by atoms with Crippen LogP contribution in [0.4, 0.5) is 4.39 Å². The van der Waals surface area contributed by atoms with Gasteiger partial charge in [0.25, 0.3) is 14.6 Å². The lowest BCUT2D eigenvalue weighted by molar-refractivity contribution is 0.596. The highest BCUT2D eigenvalue weighted by Gasteiger charge is 2.15. The second-order valence-corrected chi connectivity index (χ2v) is 4.48. The Balaban J connectivity index is 3.55. The number of hydrogen-bond donors (Lipinski definition) is 1. The molecule has 0 radical (unpaired) electrons. The summed E-state index contributed by atoms with van der Waals surface area (Å²) in [6.07, 6.45) is 0.744. The van der Waals surface area contributed by atoms with Gasteiger partial charge in [0.1, 0.15) is 5.82 Å². The Morgan fingerprint density at radius 1 is 1.50 bits per heavy atom. The summed E-state index contributed by atoms with van der Waals surface area (Å²) in [4.78, 5) is 11.8. The van der Waals surface area contributed by atoms with E-state index in [9.17, 15) is 17.6 Å². The van der Waals surface area contributed by atoms with Crippen molar-refractivity contribution >= 4 is 19.7 Å². The van der Waals surface area contributed by atoms with Crippen molar-refractivity contribution in [3.05, 3.63) is 28.4 Å². The third kappa shape index (κ3) is 1.83. The van der Waals surface area contributed by atoms with Crippen molar-refractivity contribution in [2.24, 2.45) is 0 Å². The Labute approximate surface area is 71.4 Å². The SMILES string of the molecule is O=c1[nH]cc(F)cc1S(=O)(=O)Cl. The van der Waals surface area contributed by atoms with Gasteiger partial charge in [-0.15, -0.1) is 0 Å². The zero-order valence-electron chi connectivity index (χ0n) is 5.54. The summed E-state index contributed by atoms with van der Waals surface area (Å²) in [5, 5.41) is 0. The summed E-state index contributed by atoms with van der Waals surface area (Å²) in [6, 6.07) is 0.557. The molecule has 0 aliphatic carbocycles. The van der Waals surface area contributed by atoms with Crippen LogP contribution in [0.3, 0.4) is 0 Å². The predicted molar refractivity (Wildman–Crippen MR) is 40.1 cm³/mol. The lowest BCUT2D eigenvalue weighted by Gasteiger charge is -1.93. The molecule has 0 fully saturated rings. The number of pyridine rings is 1. The Kier molecular flexibility index (Phi) is 2.20. The normalized spacial score (nSPS) is 11.5. The number of rotatable bonds is 1. The molecule has 0 aliphatic rings. The fraction of sp³-hybridized carbons (Fsp3) is 0. The van der Waals surface area contributed by atoms with Gasteiger partial charge in [0.15, 0.2) is 4.90 Å². The molecule has 12 heavy (non-hydrogen) atoms. The van der Waals surface area contributed by atoms with Crippen LogP contribution >= 0.6 is 10.7 Å². The highest BCUT2D eigenvalue weighted by Crippen LogP contribution is 2.09. The minimum Gasteiger partial charge on any atom is -0.325 e. The van der Waals surface area contributed by atoms with Gasteiger partial charge in [0, 0.05) is 22.9 Å². The zero-order valence-corrected chi connectivity index (χ0v) is 7.12. The van der Waals surface area contributed by atoms with Crippen molar-refractivity contribution in [2.45, 2.75) is 4.90 Å². The number of H-pyrrole nitrogens is 1. The largest absolute Gasteiger partial charge is 0.325 e. The molecular weight excluding hydrogens is 209 g/mol. The van der Waals surface area contributed by atoms with E-state index in [2.05, 4.69) is 0 Å². The summed E-state index contributed by atoms with van der Waals surface area (Å²) < 4.78 is 33.6. The molecule has 1 N–H and O–H groups in total. The lowest BCUT2D eigenvalue weighted by atomic mass is 10.5. The summed E-state index contributed by atoms with van der Waals surface area (Å²) in [5.74, 6) is -0.867. The van der Waals surface area contributed by atoms with E-state index in [0.29, 0.717) is 6.07 Å². The van der Waals surface area contributed by atoms with Crippen LogP contribution in [0.5, 0.6) is 0 Å². The second-order valence-electron chi connectivity index (χ2n) is 1.95. The van der Waals surface area contributed by atoms with Crippen molar-refractivity contribution in [1.29, 1.82) is 0 Å². The molecule has 66 valence electrons. The Morgan fingerprint density at radius 2 is 2.08 bits per heavy atom. The van der Waals surface area contributed by atoms with E-state index in [-0.39, 0.29) is 0 Å². The molecule has 0 aromatic carbocycles. The van der Waals surface area contributed by atoms with Crippen LogP contribution in [-0.2, 0) is 9.05 Å². The maximum atomic E-state index is 12.4. The smallest absolute Gasteiger partial charge is 0.268 e. The summed E-state index contributed by atoms with van der Waals surface area (Å²) in [6.45, 7) is 0. The van der Waals surface area contributed by atoms with Crippen LogP contribution in [0, 0.1) is 5.82 Å². The van der Waals surface area contributed by atoms with Gasteiger partial charge >= 0.3 is 0 Å². The molecule has 0 amide bonds. The minimum atomic E-state index is -4.17. The molecule has 0 unspecified atom stereocenters. The van der Waals surface area contributed by atoms with Gasteiger partial charge in [-0.05, 0) is 0 Å². The average molecular weight is 212 g/mol. The highest BCUT2D eigenvalue weighted by atomic mass is 35.7. The van der Waals surface area contributed by atoms with Crippen molar-refractivity contribution in [3.8, 4) is 0 Å². The van der Waals surface area contributed by atoms with Gasteiger partial charge in [0.2, 0.25) is 0 Å². The predicted octanol–water partition coefficient (Wildman–Crippen LogP) is 0.442. The third-order valence-electron chi connectivity index (χ3n) is 1.10. The number of halogens is 2. The first kappa shape index (κ1) is 9.21. The fourth-order valence-corrected chi connectivity index (χ4v) is 1.50. The zero-order chi connectivity index (χ0) is 9.35. The van der Waals surface area contributed by atoms with E-state index in [0.717, 1.165) is 6.20 Å². The molecule has 0 saturated heterocycles. The van der Waals surface area contributed by atoms with Crippen LogP contribution in [0.25, 0.3) is 0 Å². The van der Waals surface area contributed by atoms with E-state index >= 15 is 0 Å². The Bertz CT molecular complexity index is 452. The van der Waals surface area contributed by atoms with Gasteiger partial charge in [-0.2, -0.15) is 0 Å². The first-order valence-electron chi connectivity index (χ1n) is 2.74. The maximum absolute atomic E-state index is 12.4. The Hall–Kier alpha value is -0.880. The van der Waals surface area contributed by atoms with Crippen molar-refractivity contribution < 1.29 is 12.8 Å². The monoisotopic (exact) mass is 211 g/mol. The Morgan fingerprint density at radius 3 is 2.50 bits per heavy atom. The maximum Gasteiger partial charge on any atom is 0.268 e. The molecule has 0 aliphatic heterocycles. The van der Waals surface area contributed by atoms with E-state index in [1.54, 1.807) is 0 Å². The summed E-state index contributed by atoms with van der Waals surface area (Å²) in [7, 11) is 0.654. The van der Waals surface area contributed by atoms with Gasteiger partial charge in [0.05, 0.1) is 0 Å². The number of nitrogens with one attached hydrogen (secondary N) is 1. The first-order chi connectivity index (χ1) is 5.41. The molecule has 1 heterocycles. The van der Waals surface area contributed by atoms with Crippen LogP contribution in [0.15, 0.2) is 22.0 Å². The van der Waals surface area contributed by atoms with Crippen LogP contribution in [0.1, 0.15) is 0 Å². The topological polar surface area (TPSA) is 67.0 Å². The lowest BCUT2D eigenvalue weighted by Crippen LogP contribution is -2.14. The molecule has 0 saturated carbocycles. The summed E-state index contributed by atoms with van der Waals surface area (Å²) >= 11 is 0. The van der Waals surface area contributed by atoms with E-state index < -0.39 is 25.3 Å². The first-order valence-corrected chi connectivity index (χ1v) is 5.05. The third-order valence-corrected chi connectivity index (χ3v) is 2.42. The number of aromatic nitrogens is 1. The van der Waals surface area contributed by atoms with Gasteiger partial charge in [-0.1, -0.05) is 0 Å². The fourth-order valence-electron chi connectivity index (χ4n) is 0.619. The molecule has 0 atom stereocenters. The van der Waals surface area contributed by atoms with E-state index in [1.807, 2.05) is 4.98 Å². The quantitative estimate of drug-likeness (QED) is 0.686.